The van der Waals surface area contributed by atoms with Crippen molar-refractivity contribution < 1.29 is 9.90 Å². The Bertz CT molecular complexity index is 457. The summed E-state index contributed by atoms with van der Waals surface area (Å²) in [5.74, 6) is -0.972. The van der Waals surface area contributed by atoms with Crippen molar-refractivity contribution in [1.29, 1.82) is 0 Å². The van der Waals surface area contributed by atoms with Gasteiger partial charge in [0.1, 0.15) is 5.69 Å². The zero-order valence-electron chi connectivity index (χ0n) is 11.6. The van der Waals surface area contributed by atoms with Crippen molar-refractivity contribution in [2.45, 2.75) is 52.1 Å². The summed E-state index contributed by atoms with van der Waals surface area (Å²) in [5, 5.41) is 12.5. The van der Waals surface area contributed by atoms with Crippen LogP contribution in [0.2, 0.25) is 0 Å². The molecule has 1 aliphatic carbocycles. The van der Waals surface area contributed by atoms with Crippen molar-refractivity contribution in [3.63, 3.8) is 0 Å². The van der Waals surface area contributed by atoms with Crippen molar-refractivity contribution in [3.8, 4) is 0 Å². The van der Waals surface area contributed by atoms with Crippen LogP contribution in [0.25, 0.3) is 0 Å². The largest absolute Gasteiger partial charge is 0.477 e. The molecule has 1 heterocycles. The Hall–Kier alpha value is -1.42. The zero-order valence-corrected chi connectivity index (χ0v) is 11.6. The number of carboxylic acids is 1. The SMILES string of the molecule is CC1(C)CCCCC1NCc1cccc(C(=O)O)n1. The van der Waals surface area contributed by atoms with Gasteiger partial charge in [0.15, 0.2) is 0 Å². The lowest BCUT2D eigenvalue weighted by molar-refractivity contribution is 0.0690. The van der Waals surface area contributed by atoms with E-state index in [1.807, 2.05) is 6.07 Å². The standard InChI is InChI=1S/C15H22N2O2/c1-15(2)9-4-3-8-13(15)16-10-11-6-5-7-12(17-11)14(18)19/h5-7,13,16H,3-4,8-10H2,1-2H3,(H,18,19). The van der Waals surface area contributed by atoms with Crippen molar-refractivity contribution >= 4 is 5.97 Å². The summed E-state index contributed by atoms with van der Waals surface area (Å²) in [6.45, 7) is 5.23. The first-order valence-electron chi connectivity index (χ1n) is 6.92. The molecular weight excluding hydrogens is 240 g/mol. The van der Waals surface area contributed by atoms with E-state index in [0.29, 0.717) is 18.0 Å². The van der Waals surface area contributed by atoms with Crippen LogP contribution in [0.1, 0.15) is 55.7 Å². The highest BCUT2D eigenvalue weighted by Crippen LogP contribution is 2.35. The minimum atomic E-state index is -0.972. The van der Waals surface area contributed by atoms with Crippen LogP contribution in [0.15, 0.2) is 18.2 Å². The van der Waals surface area contributed by atoms with E-state index in [-0.39, 0.29) is 5.69 Å². The average molecular weight is 262 g/mol. The van der Waals surface area contributed by atoms with Gasteiger partial charge in [0.2, 0.25) is 0 Å². The molecule has 1 atom stereocenters. The molecule has 0 aliphatic heterocycles. The van der Waals surface area contributed by atoms with Crippen LogP contribution in [0.4, 0.5) is 0 Å². The molecule has 0 saturated heterocycles. The molecule has 1 fully saturated rings. The summed E-state index contributed by atoms with van der Waals surface area (Å²) >= 11 is 0. The number of aromatic nitrogens is 1. The molecule has 0 aromatic carbocycles. The van der Waals surface area contributed by atoms with Crippen LogP contribution in [0, 0.1) is 5.41 Å². The third-order valence-electron chi connectivity index (χ3n) is 4.06. The fraction of sp³-hybridized carbons (Fsp3) is 0.600. The smallest absolute Gasteiger partial charge is 0.354 e. The van der Waals surface area contributed by atoms with Gasteiger partial charge in [0.05, 0.1) is 5.69 Å². The molecule has 1 saturated carbocycles. The first kappa shape index (κ1) is 14.0. The number of carboxylic acid groups (broad SMARTS) is 1. The van der Waals surface area contributed by atoms with Gasteiger partial charge in [-0.3, -0.25) is 0 Å². The van der Waals surface area contributed by atoms with Gasteiger partial charge in [-0.2, -0.15) is 0 Å². The molecule has 0 bridgehead atoms. The number of hydrogen-bond acceptors (Lipinski definition) is 3. The topological polar surface area (TPSA) is 62.2 Å². The summed E-state index contributed by atoms with van der Waals surface area (Å²) in [7, 11) is 0. The lowest BCUT2D eigenvalue weighted by Crippen LogP contribution is -2.43. The lowest BCUT2D eigenvalue weighted by Gasteiger charge is -2.39. The van der Waals surface area contributed by atoms with E-state index in [1.54, 1.807) is 6.07 Å². The molecule has 1 aromatic rings. The van der Waals surface area contributed by atoms with Gasteiger partial charge in [0, 0.05) is 12.6 Å². The Labute approximate surface area is 114 Å². The Morgan fingerprint density at radius 3 is 2.95 bits per heavy atom. The minimum Gasteiger partial charge on any atom is -0.477 e. The van der Waals surface area contributed by atoms with Gasteiger partial charge in [-0.05, 0) is 30.4 Å². The number of pyridine rings is 1. The van der Waals surface area contributed by atoms with E-state index in [0.717, 1.165) is 5.69 Å². The maximum Gasteiger partial charge on any atom is 0.354 e. The molecule has 0 spiro atoms. The van der Waals surface area contributed by atoms with Crippen molar-refractivity contribution in [3.05, 3.63) is 29.6 Å². The van der Waals surface area contributed by atoms with Crippen LogP contribution in [-0.2, 0) is 6.54 Å². The highest BCUT2D eigenvalue weighted by Gasteiger charge is 2.31. The second-order valence-electron chi connectivity index (χ2n) is 5.99. The molecular formula is C15H22N2O2. The third-order valence-corrected chi connectivity index (χ3v) is 4.06. The number of aromatic carboxylic acids is 1. The summed E-state index contributed by atoms with van der Waals surface area (Å²) in [6.07, 6.45) is 5.00. The van der Waals surface area contributed by atoms with Crippen molar-refractivity contribution in [2.75, 3.05) is 0 Å². The summed E-state index contributed by atoms with van der Waals surface area (Å²) in [5.41, 5.74) is 1.21. The maximum atomic E-state index is 10.9. The van der Waals surface area contributed by atoms with Crippen molar-refractivity contribution in [1.82, 2.24) is 10.3 Å². The minimum absolute atomic E-state index is 0.113. The molecule has 0 amide bonds. The Balaban J connectivity index is 1.98. The second kappa shape index (κ2) is 5.70. The number of carbonyl (C=O) groups is 1. The predicted molar refractivity (Wildman–Crippen MR) is 74.1 cm³/mol. The average Bonchev–Trinajstić information content (AvgIpc) is 2.37. The molecule has 2 rings (SSSR count). The van der Waals surface area contributed by atoms with E-state index < -0.39 is 5.97 Å². The zero-order chi connectivity index (χ0) is 13.9. The highest BCUT2D eigenvalue weighted by molar-refractivity contribution is 5.85. The maximum absolute atomic E-state index is 10.9. The fourth-order valence-corrected chi connectivity index (χ4v) is 2.80. The van der Waals surface area contributed by atoms with Crippen LogP contribution < -0.4 is 5.32 Å². The van der Waals surface area contributed by atoms with Gasteiger partial charge in [-0.15, -0.1) is 0 Å². The van der Waals surface area contributed by atoms with Gasteiger partial charge in [-0.25, -0.2) is 9.78 Å². The monoisotopic (exact) mass is 262 g/mol. The quantitative estimate of drug-likeness (QED) is 0.876. The number of hydrogen-bond donors (Lipinski definition) is 2. The number of nitrogens with zero attached hydrogens (tertiary/aromatic N) is 1. The molecule has 1 unspecified atom stereocenters. The third kappa shape index (κ3) is 3.53. The van der Waals surface area contributed by atoms with Crippen LogP contribution in [-0.4, -0.2) is 22.1 Å². The predicted octanol–water partition coefficient (Wildman–Crippen LogP) is 2.84. The normalized spacial score (nSPS) is 22.1. The molecule has 0 radical (unpaired) electrons. The number of rotatable bonds is 4. The van der Waals surface area contributed by atoms with E-state index in [9.17, 15) is 4.79 Å². The van der Waals surface area contributed by atoms with E-state index in [4.69, 9.17) is 5.11 Å². The summed E-state index contributed by atoms with van der Waals surface area (Å²) in [4.78, 5) is 15.0. The Morgan fingerprint density at radius 1 is 1.47 bits per heavy atom. The Morgan fingerprint density at radius 2 is 2.26 bits per heavy atom. The van der Waals surface area contributed by atoms with Crippen LogP contribution in [0.5, 0.6) is 0 Å². The van der Waals surface area contributed by atoms with Gasteiger partial charge in [-0.1, -0.05) is 32.8 Å². The first-order chi connectivity index (χ1) is 8.99. The van der Waals surface area contributed by atoms with E-state index in [2.05, 4.69) is 24.1 Å². The van der Waals surface area contributed by atoms with Crippen LogP contribution in [0.3, 0.4) is 0 Å². The molecule has 1 aliphatic rings. The highest BCUT2D eigenvalue weighted by atomic mass is 16.4. The van der Waals surface area contributed by atoms with Gasteiger partial charge in [0.25, 0.3) is 0 Å². The van der Waals surface area contributed by atoms with Gasteiger partial charge >= 0.3 is 5.97 Å². The van der Waals surface area contributed by atoms with Gasteiger partial charge < -0.3 is 10.4 Å². The molecule has 19 heavy (non-hydrogen) atoms. The molecule has 2 N–H and O–H groups in total. The molecule has 1 aromatic heterocycles. The number of nitrogens with one attached hydrogen (secondary N) is 1. The van der Waals surface area contributed by atoms with Crippen LogP contribution >= 0.6 is 0 Å². The van der Waals surface area contributed by atoms with Crippen molar-refractivity contribution in [2.24, 2.45) is 5.41 Å². The molecule has 4 nitrogen and oxygen atoms in total. The Kier molecular flexibility index (Phi) is 4.20. The lowest BCUT2D eigenvalue weighted by atomic mass is 9.73. The molecule has 4 heteroatoms. The molecule has 104 valence electrons. The van der Waals surface area contributed by atoms with E-state index >= 15 is 0 Å². The summed E-state index contributed by atoms with van der Waals surface area (Å²) < 4.78 is 0. The van der Waals surface area contributed by atoms with E-state index in [1.165, 1.54) is 31.7 Å². The fourth-order valence-electron chi connectivity index (χ4n) is 2.80. The first-order valence-corrected chi connectivity index (χ1v) is 6.92. The summed E-state index contributed by atoms with van der Waals surface area (Å²) in [6, 6.07) is 5.63. The second-order valence-corrected chi connectivity index (χ2v) is 5.99.